The molecule has 0 radical (unpaired) electrons. The van der Waals surface area contributed by atoms with E-state index in [1.165, 1.54) is 13.8 Å². The molecule has 0 unspecified atom stereocenters. The van der Waals surface area contributed by atoms with E-state index in [9.17, 15) is 19.7 Å². The highest BCUT2D eigenvalue weighted by Crippen LogP contribution is 2.27. The molecule has 0 fully saturated rings. The number of ketones is 2. The summed E-state index contributed by atoms with van der Waals surface area (Å²) in [4.78, 5) is 22.7. The molecule has 98 valence electrons. The summed E-state index contributed by atoms with van der Waals surface area (Å²) in [7, 11) is -1.55. The third kappa shape index (κ3) is 3.16. The predicted molar refractivity (Wildman–Crippen MR) is 66.7 cm³/mol. The van der Waals surface area contributed by atoms with Gasteiger partial charge in [-0.05, 0) is 45.9 Å². The topological polar surface area (TPSA) is 83.8 Å². The molecule has 5 nitrogen and oxygen atoms in total. The first-order valence-corrected chi connectivity index (χ1v) is 5.61. The molecule has 0 saturated carbocycles. The molecule has 1 rings (SSSR count). The average molecular weight is 252 g/mol. The van der Waals surface area contributed by atoms with Crippen LogP contribution in [0.25, 0.3) is 0 Å². The molecule has 18 heavy (non-hydrogen) atoms. The van der Waals surface area contributed by atoms with Crippen molar-refractivity contribution in [1.82, 2.24) is 0 Å². The second-order valence-electron chi connectivity index (χ2n) is 5.24. The van der Waals surface area contributed by atoms with Gasteiger partial charge in [-0.1, -0.05) is 0 Å². The van der Waals surface area contributed by atoms with E-state index in [1.54, 1.807) is 13.8 Å². The number of hydrogen-bond donors (Lipinski definition) is 2. The van der Waals surface area contributed by atoms with Crippen molar-refractivity contribution in [3.05, 3.63) is 23.7 Å². The Morgan fingerprint density at radius 3 is 2.22 bits per heavy atom. The van der Waals surface area contributed by atoms with Crippen LogP contribution in [0.15, 0.2) is 23.7 Å². The molecule has 0 saturated heterocycles. The molecule has 2 N–H and O–H groups in total. The zero-order valence-electron chi connectivity index (χ0n) is 10.9. The second-order valence-corrected chi connectivity index (χ2v) is 5.24. The molecule has 0 heterocycles. The van der Waals surface area contributed by atoms with Crippen molar-refractivity contribution in [2.75, 3.05) is 0 Å². The first-order valence-electron chi connectivity index (χ1n) is 5.61. The van der Waals surface area contributed by atoms with Gasteiger partial charge in [0.15, 0.2) is 11.6 Å². The summed E-state index contributed by atoms with van der Waals surface area (Å²) in [5.74, 6) is -0.859. The van der Waals surface area contributed by atoms with Gasteiger partial charge in [0.05, 0.1) is 11.2 Å². The second kappa shape index (κ2) is 4.80. The van der Waals surface area contributed by atoms with Crippen molar-refractivity contribution in [2.45, 2.75) is 38.9 Å². The van der Waals surface area contributed by atoms with Gasteiger partial charge in [-0.3, -0.25) is 9.59 Å². The molecule has 0 aromatic heterocycles. The normalized spacial score (nSPS) is 16.9. The van der Waals surface area contributed by atoms with Crippen LogP contribution in [-0.2, 0) is 14.2 Å². The first-order chi connectivity index (χ1) is 8.04. The Morgan fingerprint density at radius 2 is 1.72 bits per heavy atom. The molecule has 0 bridgehead atoms. The number of carbonyl (C=O) groups excluding carboxylic acids is 2. The Bertz CT molecular complexity index is 428. The van der Waals surface area contributed by atoms with E-state index >= 15 is 0 Å². The minimum absolute atomic E-state index is 0.125. The van der Waals surface area contributed by atoms with Gasteiger partial charge in [-0.25, -0.2) is 0 Å². The number of rotatable bonds is 4. The predicted octanol–water partition coefficient (Wildman–Crippen LogP) is 0.207. The molecule has 0 atom stereocenters. The van der Waals surface area contributed by atoms with E-state index in [0.717, 1.165) is 18.2 Å². The third-order valence-corrected chi connectivity index (χ3v) is 3.13. The summed E-state index contributed by atoms with van der Waals surface area (Å²) in [6.45, 7) is 6.23. The fraction of sp³-hybridized carbons (Fsp3) is 0.500. The quantitative estimate of drug-likeness (QED) is 0.551. The van der Waals surface area contributed by atoms with E-state index in [-0.39, 0.29) is 11.3 Å². The Kier molecular flexibility index (Phi) is 3.95. The monoisotopic (exact) mass is 252 g/mol. The van der Waals surface area contributed by atoms with E-state index in [4.69, 9.17) is 4.65 Å². The van der Waals surface area contributed by atoms with Crippen LogP contribution in [0.4, 0.5) is 0 Å². The largest absolute Gasteiger partial charge is 0.495 e. The van der Waals surface area contributed by atoms with Crippen molar-refractivity contribution in [3.8, 4) is 0 Å². The minimum Gasteiger partial charge on any atom is -0.423 e. The third-order valence-electron chi connectivity index (χ3n) is 3.13. The Morgan fingerprint density at radius 1 is 1.17 bits per heavy atom. The summed E-state index contributed by atoms with van der Waals surface area (Å²) in [6, 6.07) is 0. The van der Waals surface area contributed by atoms with Crippen LogP contribution < -0.4 is 0 Å². The lowest BCUT2D eigenvalue weighted by molar-refractivity contribution is -0.115. The van der Waals surface area contributed by atoms with Gasteiger partial charge in [0.1, 0.15) is 0 Å². The SMILES string of the molecule is CC(C)(O)C(C)(C)OB(O)C1=CC(=O)C=CC1=O. The van der Waals surface area contributed by atoms with E-state index in [0.29, 0.717) is 0 Å². The van der Waals surface area contributed by atoms with Gasteiger partial charge in [0.2, 0.25) is 0 Å². The van der Waals surface area contributed by atoms with Crippen LogP contribution in [0.5, 0.6) is 0 Å². The molecule has 0 aliphatic heterocycles. The maximum absolute atomic E-state index is 11.5. The molecular weight excluding hydrogens is 235 g/mol. The van der Waals surface area contributed by atoms with Crippen LogP contribution in [0.3, 0.4) is 0 Å². The van der Waals surface area contributed by atoms with Crippen LogP contribution in [0, 0.1) is 0 Å². The zero-order chi connectivity index (χ0) is 14.1. The molecular formula is C12H17BO5. The van der Waals surface area contributed by atoms with Crippen molar-refractivity contribution < 1.29 is 24.4 Å². The van der Waals surface area contributed by atoms with Crippen LogP contribution in [0.2, 0.25) is 0 Å². The molecule has 0 aromatic rings. The lowest BCUT2D eigenvalue weighted by Gasteiger charge is -2.38. The Balaban J connectivity index is 2.87. The lowest BCUT2D eigenvalue weighted by Crippen LogP contribution is -2.51. The highest BCUT2D eigenvalue weighted by molar-refractivity contribution is 6.62. The van der Waals surface area contributed by atoms with Crippen molar-refractivity contribution >= 4 is 18.7 Å². The average Bonchev–Trinajstić information content (AvgIpc) is 2.19. The maximum atomic E-state index is 11.5. The Hall–Kier alpha value is -1.24. The van der Waals surface area contributed by atoms with Gasteiger partial charge in [-0.15, -0.1) is 0 Å². The van der Waals surface area contributed by atoms with Gasteiger partial charge in [0.25, 0.3) is 0 Å². The minimum atomic E-state index is -1.55. The zero-order valence-corrected chi connectivity index (χ0v) is 10.9. The smallest absolute Gasteiger partial charge is 0.423 e. The molecule has 0 spiro atoms. The number of carbonyl (C=O) groups is 2. The fourth-order valence-corrected chi connectivity index (χ4v) is 1.21. The van der Waals surface area contributed by atoms with Crippen LogP contribution >= 0.6 is 0 Å². The summed E-state index contributed by atoms with van der Waals surface area (Å²) in [5, 5.41) is 19.7. The van der Waals surface area contributed by atoms with Gasteiger partial charge in [-0.2, -0.15) is 0 Å². The van der Waals surface area contributed by atoms with Gasteiger partial charge < -0.3 is 14.8 Å². The maximum Gasteiger partial charge on any atom is 0.495 e. The summed E-state index contributed by atoms with van der Waals surface area (Å²) in [6.07, 6.45) is 3.24. The molecule has 0 amide bonds. The summed E-state index contributed by atoms with van der Waals surface area (Å²) < 4.78 is 5.29. The first kappa shape index (κ1) is 14.8. The van der Waals surface area contributed by atoms with Crippen LogP contribution in [-0.4, -0.2) is 40.0 Å². The highest BCUT2D eigenvalue weighted by Gasteiger charge is 2.41. The van der Waals surface area contributed by atoms with Gasteiger partial charge >= 0.3 is 7.12 Å². The van der Waals surface area contributed by atoms with E-state index < -0.39 is 24.1 Å². The molecule has 6 heteroatoms. The number of hydrogen-bond acceptors (Lipinski definition) is 5. The fourth-order valence-electron chi connectivity index (χ4n) is 1.21. The number of allylic oxidation sites excluding steroid dienone is 4. The molecule has 1 aliphatic carbocycles. The van der Waals surface area contributed by atoms with E-state index in [2.05, 4.69) is 0 Å². The van der Waals surface area contributed by atoms with E-state index in [1.807, 2.05) is 0 Å². The summed E-state index contributed by atoms with van der Waals surface area (Å²) in [5.41, 5.74) is -2.43. The van der Waals surface area contributed by atoms with Gasteiger partial charge in [0, 0.05) is 5.47 Å². The Labute approximate surface area is 106 Å². The molecule has 0 aromatic carbocycles. The molecule has 1 aliphatic rings. The highest BCUT2D eigenvalue weighted by atomic mass is 16.5. The van der Waals surface area contributed by atoms with Crippen molar-refractivity contribution in [3.63, 3.8) is 0 Å². The van der Waals surface area contributed by atoms with Crippen molar-refractivity contribution in [2.24, 2.45) is 0 Å². The van der Waals surface area contributed by atoms with Crippen LogP contribution in [0.1, 0.15) is 27.7 Å². The number of aliphatic hydroxyl groups is 1. The van der Waals surface area contributed by atoms with Crippen molar-refractivity contribution in [1.29, 1.82) is 0 Å². The standard InChI is InChI=1S/C12H17BO5/c1-11(2,16)12(3,4)18-13(17)9-7-8(14)5-6-10(9)15/h5-7,16-17H,1-4H3. The lowest BCUT2D eigenvalue weighted by atomic mass is 9.72. The summed E-state index contributed by atoms with van der Waals surface area (Å²) >= 11 is 0.